The Morgan fingerprint density at radius 2 is 1.88 bits per heavy atom. The number of nitrogens with two attached hydrogens (primary N) is 1. The first-order valence-electron chi connectivity index (χ1n) is 11.7. The molecule has 1 unspecified atom stereocenters. The number of rotatable bonds is 2. The molecule has 0 spiro atoms. The average Bonchev–Trinajstić information content (AvgIpc) is 2.99. The summed E-state index contributed by atoms with van der Waals surface area (Å²) in [5.41, 5.74) is 7.04. The van der Waals surface area contributed by atoms with Crippen molar-refractivity contribution in [3.63, 3.8) is 0 Å². The summed E-state index contributed by atoms with van der Waals surface area (Å²) in [5, 5.41) is 3.25. The highest BCUT2D eigenvalue weighted by Crippen LogP contribution is 2.27. The number of primary amides is 1. The number of carbonyl (C=O) groups is 1. The van der Waals surface area contributed by atoms with Crippen LogP contribution in [0.2, 0.25) is 0 Å². The number of hydrogen-bond donors (Lipinski definition) is 3. The Balaban J connectivity index is 0.000000166. The number of imidazole rings is 1. The molecule has 0 bridgehead atoms. The minimum absolute atomic E-state index is 0.0843. The van der Waals surface area contributed by atoms with E-state index in [0.717, 1.165) is 50.7 Å². The molecule has 2 amide bonds. The monoisotopic (exact) mass is 472 g/mol. The standard InChI is InChI=1S/C12H15F2N.C12H15N5O2/c13-11-6-3-5-10(12(11)14)9-4-1-2-7-15-8-9;13-11(18)16-6-3-8(4-7-16)17-9-2-1-5-14-10(9)15-12(17)19/h3,5-6,9,15H,1-2,4,7-8H2;1-2,5,8H,3-4,6-7H2,(H2,13,18)(H,14,15,19). The molecular formula is C24H30F2N6O2. The number of urea groups is 1. The first-order chi connectivity index (χ1) is 16.5. The Labute approximate surface area is 196 Å². The van der Waals surface area contributed by atoms with E-state index in [9.17, 15) is 18.4 Å². The molecule has 3 aromatic rings. The van der Waals surface area contributed by atoms with E-state index in [2.05, 4.69) is 15.3 Å². The van der Waals surface area contributed by atoms with Gasteiger partial charge in [0.1, 0.15) is 0 Å². The Morgan fingerprint density at radius 1 is 1.09 bits per heavy atom. The minimum Gasteiger partial charge on any atom is -0.351 e. The zero-order valence-electron chi connectivity index (χ0n) is 19.0. The molecule has 2 saturated heterocycles. The molecular weight excluding hydrogens is 442 g/mol. The average molecular weight is 473 g/mol. The summed E-state index contributed by atoms with van der Waals surface area (Å²) in [7, 11) is 0. The van der Waals surface area contributed by atoms with Gasteiger partial charge in [0, 0.05) is 31.9 Å². The van der Waals surface area contributed by atoms with Gasteiger partial charge in [-0.15, -0.1) is 0 Å². The van der Waals surface area contributed by atoms with Gasteiger partial charge in [-0.25, -0.2) is 23.4 Å². The third kappa shape index (κ3) is 5.27. The summed E-state index contributed by atoms with van der Waals surface area (Å²) in [6.07, 6.45) is 6.24. The van der Waals surface area contributed by atoms with Gasteiger partial charge in [-0.05, 0) is 61.9 Å². The Bertz CT molecular complexity index is 1180. The van der Waals surface area contributed by atoms with Crippen molar-refractivity contribution in [2.75, 3.05) is 26.2 Å². The van der Waals surface area contributed by atoms with Gasteiger partial charge < -0.3 is 16.0 Å². The van der Waals surface area contributed by atoms with Gasteiger partial charge in [-0.3, -0.25) is 9.55 Å². The van der Waals surface area contributed by atoms with Gasteiger partial charge in [0.15, 0.2) is 17.3 Å². The number of benzene rings is 1. The number of pyridine rings is 1. The molecule has 0 saturated carbocycles. The van der Waals surface area contributed by atoms with Crippen LogP contribution in [0, 0.1) is 11.6 Å². The Morgan fingerprint density at radius 3 is 2.65 bits per heavy atom. The molecule has 2 aromatic heterocycles. The number of piperidine rings is 1. The van der Waals surface area contributed by atoms with Crippen LogP contribution in [0.1, 0.15) is 49.6 Å². The highest BCUT2D eigenvalue weighted by Gasteiger charge is 2.25. The number of aromatic amines is 1. The number of fused-ring (bicyclic) bond motifs is 1. The molecule has 2 aliphatic heterocycles. The topological polar surface area (TPSA) is 109 Å². The van der Waals surface area contributed by atoms with E-state index in [0.29, 0.717) is 24.3 Å². The van der Waals surface area contributed by atoms with Crippen LogP contribution in [0.3, 0.4) is 0 Å². The van der Waals surface area contributed by atoms with Crippen LogP contribution >= 0.6 is 0 Å². The summed E-state index contributed by atoms with van der Waals surface area (Å²) in [5.74, 6) is -1.30. The summed E-state index contributed by atoms with van der Waals surface area (Å²) < 4.78 is 28.3. The first kappa shape index (κ1) is 23.9. The number of aromatic nitrogens is 3. The highest BCUT2D eigenvalue weighted by molar-refractivity contribution is 5.72. The van der Waals surface area contributed by atoms with Crippen LogP contribution in [0.25, 0.3) is 11.2 Å². The van der Waals surface area contributed by atoms with Crippen molar-refractivity contribution >= 4 is 17.2 Å². The van der Waals surface area contributed by atoms with Crippen molar-refractivity contribution in [2.45, 2.75) is 44.1 Å². The lowest BCUT2D eigenvalue weighted by Crippen LogP contribution is -2.43. The molecule has 4 heterocycles. The third-order valence-corrected chi connectivity index (χ3v) is 6.60. The molecule has 2 aliphatic rings. The fraction of sp³-hybridized carbons (Fsp3) is 0.458. The van der Waals surface area contributed by atoms with Gasteiger partial charge in [0.05, 0.1) is 5.52 Å². The van der Waals surface area contributed by atoms with Crippen molar-refractivity contribution < 1.29 is 13.6 Å². The van der Waals surface area contributed by atoms with Crippen LogP contribution < -0.4 is 16.7 Å². The molecule has 10 heteroatoms. The maximum absolute atomic E-state index is 13.5. The molecule has 8 nitrogen and oxygen atoms in total. The van der Waals surface area contributed by atoms with E-state index in [1.807, 2.05) is 12.1 Å². The maximum Gasteiger partial charge on any atom is 0.327 e. The Kier molecular flexibility index (Phi) is 7.56. The quantitative estimate of drug-likeness (QED) is 0.532. The highest BCUT2D eigenvalue weighted by atomic mass is 19.2. The lowest BCUT2D eigenvalue weighted by atomic mass is 9.94. The molecule has 0 radical (unpaired) electrons. The van der Waals surface area contributed by atoms with Gasteiger partial charge in [-0.2, -0.15) is 0 Å². The molecule has 5 rings (SSSR count). The molecule has 1 atom stereocenters. The lowest BCUT2D eigenvalue weighted by Gasteiger charge is -2.31. The largest absolute Gasteiger partial charge is 0.351 e. The van der Waals surface area contributed by atoms with E-state index in [1.165, 1.54) is 6.07 Å². The second kappa shape index (κ2) is 10.8. The number of H-pyrrole nitrogens is 1. The first-order valence-corrected chi connectivity index (χ1v) is 11.7. The van der Waals surface area contributed by atoms with Crippen molar-refractivity contribution in [2.24, 2.45) is 5.73 Å². The number of hydrogen-bond acceptors (Lipinski definition) is 4. The predicted molar refractivity (Wildman–Crippen MR) is 126 cm³/mol. The second-order valence-corrected chi connectivity index (χ2v) is 8.77. The number of halogens is 2. The molecule has 34 heavy (non-hydrogen) atoms. The Hall–Kier alpha value is -3.27. The zero-order valence-corrected chi connectivity index (χ0v) is 19.0. The van der Waals surface area contributed by atoms with Gasteiger partial charge in [0.25, 0.3) is 0 Å². The van der Waals surface area contributed by atoms with Gasteiger partial charge >= 0.3 is 11.7 Å². The van der Waals surface area contributed by atoms with Crippen LogP contribution in [-0.2, 0) is 0 Å². The minimum atomic E-state index is -0.739. The molecule has 1 aromatic carbocycles. The summed E-state index contributed by atoms with van der Waals surface area (Å²) >= 11 is 0. The number of likely N-dealkylation sites (tertiary alicyclic amines) is 1. The molecule has 182 valence electrons. The van der Waals surface area contributed by atoms with Gasteiger partial charge in [0.2, 0.25) is 0 Å². The van der Waals surface area contributed by atoms with E-state index in [4.69, 9.17) is 5.73 Å². The van der Waals surface area contributed by atoms with E-state index in [1.54, 1.807) is 27.8 Å². The summed E-state index contributed by atoms with van der Waals surface area (Å²) in [6.45, 7) is 2.90. The number of nitrogens with one attached hydrogen (secondary N) is 2. The van der Waals surface area contributed by atoms with Crippen molar-refractivity contribution in [1.29, 1.82) is 0 Å². The van der Waals surface area contributed by atoms with Crippen molar-refractivity contribution in [3.05, 3.63) is 64.2 Å². The van der Waals surface area contributed by atoms with Crippen molar-refractivity contribution in [1.82, 2.24) is 24.8 Å². The molecule has 0 aliphatic carbocycles. The maximum atomic E-state index is 13.5. The fourth-order valence-corrected chi connectivity index (χ4v) is 4.79. The van der Waals surface area contributed by atoms with Crippen LogP contribution in [0.5, 0.6) is 0 Å². The van der Waals surface area contributed by atoms with E-state index < -0.39 is 17.7 Å². The van der Waals surface area contributed by atoms with Crippen LogP contribution in [0.15, 0.2) is 41.3 Å². The zero-order chi connectivity index (χ0) is 24.1. The normalized spacial score (nSPS) is 19.4. The van der Waals surface area contributed by atoms with E-state index >= 15 is 0 Å². The molecule has 2 fully saturated rings. The summed E-state index contributed by atoms with van der Waals surface area (Å²) in [4.78, 5) is 31.6. The number of carbonyl (C=O) groups excluding carboxylic acids is 1. The summed E-state index contributed by atoms with van der Waals surface area (Å²) in [6, 6.07) is 7.82. The predicted octanol–water partition coefficient (Wildman–Crippen LogP) is 3.26. The second-order valence-electron chi connectivity index (χ2n) is 8.77. The smallest absolute Gasteiger partial charge is 0.327 e. The van der Waals surface area contributed by atoms with Crippen LogP contribution in [-0.4, -0.2) is 51.6 Å². The number of amides is 2. The SMILES string of the molecule is Fc1cccc(C2CCCCNC2)c1F.NC(=O)N1CCC(n2c(=O)[nH]c3ncccc32)CC1. The molecule has 4 N–H and O–H groups in total. The van der Waals surface area contributed by atoms with Crippen molar-refractivity contribution in [3.8, 4) is 0 Å². The fourth-order valence-electron chi connectivity index (χ4n) is 4.79. The van der Waals surface area contributed by atoms with Gasteiger partial charge in [-0.1, -0.05) is 18.6 Å². The van der Waals surface area contributed by atoms with Crippen LogP contribution in [0.4, 0.5) is 13.6 Å². The number of nitrogens with zero attached hydrogens (tertiary/aromatic N) is 3. The third-order valence-electron chi connectivity index (χ3n) is 6.60. The lowest BCUT2D eigenvalue weighted by molar-refractivity contribution is 0.180. The van der Waals surface area contributed by atoms with E-state index in [-0.39, 0.29) is 17.6 Å².